The van der Waals surface area contributed by atoms with Crippen molar-refractivity contribution in [1.29, 1.82) is 0 Å². The number of hydrogen-bond donors (Lipinski definition) is 0. The van der Waals surface area contributed by atoms with Gasteiger partial charge >= 0.3 is 0 Å². The van der Waals surface area contributed by atoms with E-state index in [-0.39, 0.29) is 10.8 Å². The van der Waals surface area contributed by atoms with Crippen LogP contribution in [-0.2, 0) is 10.8 Å². The Labute approximate surface area is 793 Å². The summed E-state index contributed by atoms with van der Waals surface area (Å²) in [5.74, 6) is 0. The van der Waals surface area contributed by atoms with Gasteiger partial charge in [0.05, 0.1) is 22.1 Å². The van der Waals surface area contributed by atoms with Gasteiger partial charge in [0.1, 0.15) is 0 Å². The highest BCUT2D eigenvalue weighted by Crippen LogP contribution is 2.57. The number of benzene rings is 22. The number of anilines is 6. The predicted molar refractivity (Wildman–Crippen MR) is 578 cm³/mol. The molecule has 0 N–H and O–H groups in total. The van der Waals surface area contributed by atoms with Crippen molar-refractivity contribution in [3.05, 3.63) is 507 Å². The maximum absolute atomic E-state index is 2.50. The lowest BCUT2D eigenvalue weighted by Crippen LogP contribution is -2.16. The van der Waals surface area contributed by atoms with Crippen LogP contribution in [0.1, 0.15) is 61.1 Å². The van der Waals surface area contributed by atoms with Gasteiger partial charge in [-0.1, -0.05) is 379 Å². The van der Waals surface area contributed by atoms with Crippen molar-refractivity contribution in [2.75, 3.05) is 9.80 Å². The van der Waals surface area contributed by atoms with Crippen molar-refractivity contribution in [3.8, 4) is 100 Å². The van der Waals surface area contributed by atoms with Gasteiger partial charge in [-0.25, -0.2) is 0 Å². The molecule has 2 aromatic heterocycles. The van der Waals surface area contributed by atoms with E-state index < -0.39 is 0 Å². The Balaban J connectivity index is 0.000000145. The average molecular weight is 1740 g/mol. The van der Waals surface area contributed by atoms with E-state index in [1.165, 1.54) is 209 Å². The van der Waals surface area contributed by atoms with E-state index in [4.69, 9.17) is 0 Å². The number of aromatic nitrogens is 2. The van der Waals surface area contributed by atoms with Crippen LogP contribution in [0.3, 0.4) is 0 Å². The first-order chi connectivity index (χ1) is 66.8. The topological polar surface area (TPSA) is 16.3 Å². The first-order valence-corrected chi connectivity index (χ1v) is 47.5. The number of nitrogens with zero attached hydrogens (tertiary/aromatic N) is 4. The fourth-order valence-electron chi connectivity index (χ4n) is 22.9. The lowest BCUT2D eigenvalue weighted by atomic mass is 9.80. The Bertz CT molecular complexity index is 8800. The van der Waals surface area contributed by atoms with Gasteiger partial charge in [-0.2, -0.15) is 0 Å². The monoisotopic (exact) mass is 1740 g/mol. The molecule has 4 heteroatoms. The predicted octanol–water partition coefficient (Wildman–Crippen LogP) is 36.4. The summed E-state index contributed by atoms with van der Waals surface area (Å²) >= 11 is 0. The molecule has 26 rings (SSSR count). The summed E-state index contributed by atoms with van der Waals surface area (Å²) in [5, 5.41) is 15.2. The zero-order chi connectivity index (χ0) is 91.0. The molecule has 0 unspecified atom stereocenters. The third-order valence-electron chi connectivity index (χ3n) is 29.3. The van der Waals surface area contributed by atoms with Gasteiger partial charge in [-0.05, 0) is 302 Å². The summed E-state index contributed by atoms with van der Waals surface area (Å²) in [4.78, 5) is 4.80. The van der Waals surface area contributed by atoms with E-state index in [1.54, 1.807) is 0 Å². The van der Waals surface area contributed by atoms with Gasteiger partial charge in [-0.3, -0.25) is 0 Å². The lowest BCUT2D eigenvalue weighted by molar-refractivity contribution is 0.660. The van der Waals surface area contributed by atoms with Crippen LogP contribution >= 0.6 is 0 Å². The first-order valence-electron chi connectivity index (χ1n) is 47.5. The summed E-state index contributed by atoms with van der Waals surface area (Å²) < 4.78 is 4.77. The summed E-state index contributed by atoms with van der Waals surface area (Å²) in [7, 11) is 0. The molecule has 644 valence electrons. The Morgan fingerprint density at radius 1 is 0.169 bits per heavy atom. The van der Waals surface area contributed by atoms with Gasteiger partial charge in [0.2, 0.25) is 0 Å². The zero-order valence-corrected chi connectivity index (χ0v) is 76.8. The van der Waals surface area contributed by atoms with E-state index in [2.05, 4.69) is 534 Å². The number of hydrogen-bond acceptors (Lipinski definition) is 2. The molecule has 22 aromatic carbocycles. The molecule has 2 aliphatic carbocycles. The van der Waals surface area contributed by atoms with Crippen LogP contribution in [0.15, 0.2) is 473 Å². The molecular weight excluding hydrogens is 1640 g/mol. The number of rotatable bonds is 14. The second kappa shape index (κ2) is 32.5. The van der Waals surface area contributed by atoms with Crippen LogP contribution in [-0.4, -0.2) is 9.13 Å². The molecule has 2 aliphatic rings. The van der Waals surface area contributed by atoms with Crippen LogP contribution in [0, 0.1) is 13.8 Å². The smallest absolute Gasteiger partial charge is 0.0541 e. The molecule has 0 radical (unpaired) electrons. The molecule has 0 fully saturated rings. The molecule has 24 aromatic rings. The summed E-state index contributed by atoms with van der Waals surface area (Å²) in [6.07, 6.45) is 0. The van der Waals surface area contributed by atoms with E-state index in [9.17, 15) is 0 Å². The van der Waals surface area contributed by atoms with Gasteiger partial charge in [0.25, 0.3) is 0 Å². The SMILES string of the molecule is Cc1ccc2c(-c3ccc4c(c3)C(C)(C)c3cc(N(c5ccccc5)c5ccc(-n6c7ccccc7c7ccccc76)cc5)ccc3-4)c3ccccc3c(-c3ccccc3-c3ccccc3)c2c1.Cc1ccc2c(-c3ccccc3-c3ccccc3)c3ccccc3c(-c3ccc4c(c3)C(C)(C)c3cc(N(c5ccccc5)c5ccc(-n6c7ccccc7c7ccccc76)cc5)ccc3-4)c2c1. The lowest BCUT2D eigenvalue weighted by Gasteiger charge is -2.28. The quantitative estimate of drug-likeness (QED) is 0.101. The third-order valence-corrected chi connectivity index (χ3v) is 29.3. The maximum Gasteiger partial charge on any atom is 0.0541 e. The van der Waals surface area contributed by atoms with Gasteiger partial charge in [0, 0.05) is 77.9 Å². The highest BCUT2D eigenvalue weighted by molar-refractivity contribution is 6.25. The van der Waals surface area contributed by atoms with Gasteiger partial charge < -0.3 is 18.9 Å². The van der Waals surface area contributed by atoms with Crippen molar-refractivity contribution in [2.24, 2.45) is 0 Å². The molecule has 136 heavy (non-hydrogen) atoms. The minimum atomic E-state index is -0.254. The average Bonchev–Trinajstić information content (AvgIpc) is 1.39. The van der Waals surface area contributed by atoms with Gasteiger partial charge in [-0.15, -0.1) is 0 Å². The second-order valence-electron chi connectivity index (χ2n) is 37.9. The Hall–Kier alpha value is -16.9. The fraction of sp³-hybridized carbons (Fsp3) is 0.0606. The maximum atomic E-state index is 2.50. The molecule has 2 heterocycles. The molecule has 0 bridgehead atoms. The fourth-order valence-corrected chi connectivity index (χ4v) is 22.9. The van der Waals surface area contributed by atoms with Crippen LogP contribution < -0.4 is 9.80 Å². The van der Waals surface area contributed by atoms with Crippen molar-refractivity contribution >= 4 is 121 Å². The highest BCUT2D eigenvalue weighted by atomic mass is 15.2. The van der Waals surface area contributed by atoms with Crippen molar-refractivity contribution < 1.29 is 0 Å². The first kappa shape index (κ1) is 81.1. The molecular formula is C132H96N4. The van der Waals surface area contributed by atoms with E-state index >= 15 is 0 Å². The zero-order valence-electron chi connectivity index (χ0n) is 76.8. The molecule has 4 nitrogen and oxygen atoms in total. The molecule has 0 spiro atoms. The number of para-hydroxylation sites is 6. The molecule has 0 saturated carbocycles. The van der Waals surface area contributed by atoms with Crippen LogP contribution in [0.5, 0.6) is 0 Å². The summed E-state index contributed by atoms with van der Waals surface area (Å²) in [6, 6.07) is 175. The normalized spacial score (nSPS) is 12.8. The highest BCUT2D eigenvalue weighted by Gasteiger charge is 2.39. The Morgan fingerprint density at radius 2 is 0.426 bits per heavy atom. The largest absolute Gasteiger partial charge is 0.310 e. The molecule has 0 aliphatic heterocycles. The van der Waals surface area contributed by atoms with Crippen molar-refractivity contribution in [1.82, 2.24) is 9.13 Å². The Kier molecular flexibility index (Phi) is 19.4. The standard InChI is InChI=1S/2C66H48N2/c1-43-30-37-58-59(40-43)64(56-26-12-13-27-57(56)65(58)55-25-11-10-22-50(55)44-18-6-4-7-19-44)45-31-38-51-52-39-36-49(42-61(52)66(2,3)60(51)41-45)67(46-20-8-5-9-21-46)47-32-34-48(35-33-47)68-62-28-16-14-23-53(62)54-24-15-17-29-63(54)68;1-43-30-37-58-59(40-43)65(55-25-11-10-22-50(55)44-18-6-4-7-19-44)57-27-13-12-26-56(57)64(58)45-31-38-51-52-39-36-49(42-61(52)66(2,3)60(51)41-45)67(46-20-8-5-9-21-46)47-32-34-48(35-33-47)68-62-28-16-14-23-53(62)54-24-15-17-29-63(54)68/h2*4-42H,1-3H3. The number of fused-ring (bicyclic) bond motifs is 16. The van der Waals surface area contributed by atoms with E-state index in [1.807, 2.05) is 0 Å². The minimum absolute atomic E-state index is 0.254. The van der Waals surface area contributed by atoms with E-state index in [0.717, 1.165) is 45.5 Å². The second-order valence-corrected chi connectivity index (χ2v) is 37.9. The molecule has 0 saturated heterocycles. The molecule has 0 amide bonds. The number of aryl methyl sites for hydroxylation is 2. The van der Waals surface area contributed by atoms with Crippen LogP contribution in [0.2, 0.25) is 0 Å². The van der Waals surface area contributed by atoms with Crippen molar-refractivity contribution in [3.63, 3.8) is 0 Å². The van der Waals surface area contributed by atoms with Crippen molar-refractivity contribution in [2.45, 2.75) is 52.4 Å². The van der Waals surface area contributed by atoms with Gasteiger partial charge in [0.15, 0.2) is 0 Å². The molecule has 0 atom stereocenters. The summed E-state index contributed by atoms with van der Waals surface area (Å²) in [5.41, 5.74) is 41.5. The van der Waals surface area contributed by atoms with E-state index in [0.29, 0.717) is 0 Å². The minimum Gasteiger partial charge on any atom is -0.310 e. The van der Waals surface area contributed by atoms with Crippen LogP contribution in [0.4, 0.5) is 34.1 Å². The third kappa shape index (κ3) is 13.2. The van der Waals surface area contributed by atoms with Crippen LogP contribution in [0.25, 0.3) is 187 Å². The Morgan fingerprint density at radius 3 is 0.801 bits per heavy atom. The summed E-state index contributed by atoms with van der Waals surface area (Å²) in [6.45, 7) is 14.1.